The molecule has 0 bridgehead atoms. The summed E-state index contributed by atoms with van der Waals surface area (Å²) in [6, 6.07) is 13.1. The predicted octanol–water partition coefficient (Wildman–Crippen LogP) is 6.28. The van der Waals surface area contributed by atoms with Crippen molar-refractivity contribution in [1.29, 1.82) is 0 Å². The number of fused-ring (bicyclic) bond motifs is 4. The second-order valence-electron chi connectivity index (χ2n) is 13.3. The van der Waals surface area contributed by atoms with E-state index in [0.717, 1.165) is 62.4 Å². The van der Waals surface area contributed by atoms with Crippen LogP contribution in [-0.2, 0) is 9.59 Å². The predicted molar refractivity (Wildman–Crippen MR) is 184 cm³/mol. The lowest BCUT2D eigenvalue weighted by Gasteiger charge is -2.32. The summed E-state index contributed by atoms with van der Waals surface area (Å²) in [4.78, 5) is 49.9. The smallest absolute Gasteiger partial charge is 0.336 e. The van der Waals surface area contributed by atoms with Crippen LogP contribution in [0.5, 0.6) is 11.5 Å². The lowest BCUT2D eigenvalue weighted by molar-refractivity contribution is -0.127. The van der Waals surface area contributed by atoms with E-state index in [4.69, 9.17) is 18.3 Å². The normalized spacial score (nSPS) is 18.0. The Kier molecular flexibility index (Phi) is 9.01. The Labute approximate surface area is 277 Å². The summed E-state index contributed by atoms with van der Waals surface area (Å²) in [6.45, 7) is 8.45. The van der Waals surface area contributed by atoms with Crippen molar-refractivity contribution in [2.75, 3.05) is 13.1 Å². The van der Waals surface area contributed by atoms with Crippen molar-refractivity contribution in [2.45, 2.75) is 77.4 Å². The summed E-state index contributed by atoms with van der Waals surface area (Å²) < 4.78 is 22.7. The van der Waals surface area contributed by atoms with Crippen LogP contribution in [0.4, 0.5) is 0 Å². The van der Waals surface area contributed by atoms with Crippen molar-refractivity contribution in [3.8, 4) is 11.5 Å². The molecule has 2 aliphatic heterocycles. The number of Topliss-reactive ketones (excluding diaryl/α,β-unsaturated/α-hetero) is 2. The quantitative estimate of drug-likeness (QED) is 0.108. The van der Waals surface area contributed by atoms with E-state index < -0.39 is 22.5 Å². The first kappa shape index (κ1) is 32.8. The summed E-state index contributed by atoms with van der Waals surface area (Å²) in [5.41, 5.74) is 0.127. The fraction of sp³-hybridized carbons (Fsp3) is 0.368. The summed E-state index contributed by atoms with van der Waals surface area (Å²) >= 11 is 0. The Morgan fingerprint density at radius 1 is 0.562 bits per heavy atom. The summed E-state index contributed by atoms with van der Waals surface area (Å²) in [5, 5.41) is 8.06. The van der Waals surface area contributed by atoms with E-state index in [1.54, 1.807) is 76.5 Å². The maximum absolute atomic E-state index is 13.2. The number of ketones is 2. The molecule has 0 atom stereocenters. The topological polar surface area (TPSA) is 137 Å². The van der Waals surface area contributed by atoms with Crippen molar-refractivity contribution >= 4 is 44.7 Å². The molecule has 0 fully saturated rings. The van der Waals surface area contributed by atoms with Crippen molar-refractivity contribution in [3.63, 3.8) is 0 Å². The van der Waals surface area contributed by atoms with Gasteiger partial charge in [-0.25, -0.2) is 9.59 Å². The van der Waals surface area contributed by atoms with Crippen LogP contribution in [-0.4, -0.2) is 35.9 Å². The molecule has 10 nitrogen and oxygen atoms in total. The molecule has 0 amide bonds. The van der Waals surface area contributed by atoms with Crippen molar-refractivity contribution in [3.05, 3.63) is 92.9 Å². The lowest BCUT2D eigenvalue weighted by atomic mass is 9.88. The molecule has 6 rings (SSSR count). The molecule has 4 aromatic rings. The fourth-order valence-corrected chi connectivity index (χ4v) is 6.11. The third-order valence-electron chi connectivity index (χ3n) is 8.72. The van der Waals surface area contributed by atoms with E-state index in [0.29, 0.717) is 44.9 Å². The highest BCUT2D eigenvalue weighted by atomic mass is 16.5. The van der Waals surface area contributed by atoms with Crippen LogP contribution in [0.3, 0.4) is 0 Å². The van der Waals surface area contributed by atoms with E-state index in [1.165, 1.54) is 12.1 Å². The average molecular weight is 653 g/mol. The number of rotatable bonds is 11. The van der Waals surface area contributed by atoms with Crippen LogP contribution in [0.1, 0.15) is 77.3 Å². The first-order chi connectivity index (χ1) is 22.9. The number of benzene rings is 2. The highest BCUT2D eigenvalue weighted by Crippen LogP contribution is 2.41. The first-order valence-electron chi connectivity index (χ1n) is 16.4. The van der Waals surface area contributed by atoms with Gasteiger partial charge in [0.15, 0.2) is 11.2 Å². The lowest BCUT2D eigenvalue weighted by Crippen LogP contribution is -2.42. The van der Waals surface area contributed by atoms with Crippen LogP contribution in [0, 0.1) is 0 Å². The molecular weight excluding hydrogens is 612 g/mol. The zero-order valence-electron chi connectivity index (χ0n) is 27.7. The highest BCUT2D eigenvalue weighted by Gasteiger charge is 2.40. The summed E-state index contributed by atoms with van der Waals surface area (Å²) in [5.74, 6) is 0.882. The fourth-order valence-electron chi connectivity index (χ4n) is 6.11. The number of nitrogens with one attached hydrogen (secondary N) is 2. The maximum Gasteiger partial charge on any atom is 0.336 e. The van der Waals surface area contributed by atoms with Crippen LogP contribution >= 0.6 is 0 Å². The average Bonchev–Trinajstić information content (AvgIpc) is 3.03. The first-order valence-corrected chi connectivity index (χ1v) is 16.4. The van der Waals surface area contributed by atoms with Gasteiger partial charge in [0.05, 0.1) is 0 Å². The molecule has 2 aromatic heterocycles. The number of hydrogen-bond donors (Lipinski definition) is 2. The molecule has 48 heavy (non-hydrogen) atoms. The minimum atomic E-state index is -1.01. The Bertz CT molecular complexity index is 1930. The molecule has 2 aromatic carbocycles. The largest absolute Gasteiger partial charge is 0.479 e. The molecule has 0 saturated carbocycles. The molecule has 2 aliphatic rings. The van der Waals surface area contributed by atoms with E-state index in [2.05, 4.69) is 10.6 Å². The van der Waals surface area contributed by atoms with Gasteiger partial charge in [0.25, 0.3) is 0 Å². The Morgan fingerprint density at radius 2 is 0.958 bits per heavy atom. The number of carbonyl (C=O) groups excluding carboxylic acids is 2. The Morgan fingerprint density at radius 3 is 1.38 bits per heavy atom. The maximum atomic E-state index is 13.2. The van der Waals surface area contributed by atoms with Crippen LogP contribution < -0.4 is 31.4 Å². The van der Waals surface area contributed by atoms with Crippen LogP contribution in [0.25, 0.3) is 33.1 Å². The number of carbonyl (C=O) groups is 2. The monoisotopic (exact) mass is 652 g/mol. The van der Waals surface area contributed by atoms with Gasteiger partial charge in [-0.1, -0.05) is 25.7 Å². The van der Waals surface area contributed by atoms with Crippen LogP contribution in [0.15, 0.2) is 79.4 Å². The zero-order valence-corrected chi connectivity index (χ0v) is 27.7. The Balaban J connectivity index is 0.959. The minimum absolute atomic E-state index is 0.139. The van der Waals surface area contributed by atoms with E-state index >= 15 is 0 Å². The Hall–Kier alpha value is -5.12. The van der Waals surface area contributed by atoms with Crippen molar-refractivity contribution in [1.82, 2.24) is 10.6 Å². The van der Waals surface area contributed by atoms with Gasteiger partial charge in [0.2, 0.25) is 11.6 Å². The zero-order chi connectivity index (χ0) is 34.1. The van der Waals surface area contributed by atoms with Crippen molar-refractivity contribution in [2.24, 2.45) is 0 Å². The number of unbranched alkanes of at least 4 members (excludes halogenated alkanes) is 5. The molecule has 10 heteroatoms. The van der Waals surface area contributed by atoms with E-state index in [9.17, 15) is 19.2 Å². The molecular formula is C38H40N2O8. The SMILES string of the molecule is CC1(C)Oc2cc3ccc(=O)oc3cc2/C(=C/NCCCCCCCCN/C=C2\C(=O)C(C)(C)Oc3cc4ccc(=O)oc4cc32)C1=O. The number of hydrogen-bond acceptors (Lipinski definition) is 10. The molecule has 0 saturated heterocycles. The van der Waals surface area contributed by atoms with E-state index in [-0.39, 0.29) is 11.6 Å². The number of ether oxygens (including phenoxy) is 2. The molecule has 0 radical (unpaired) electrons. The molecule has 2 N–H and O–H groups in total. The van der Waals surface area contributed by atoms with Gasteiger partial charge >= 0.3 is 11.3 Å². The molecule has 0 spiro atoms. The van der Waals surface area contributed by atoms with Crippen molar-refractivity contribution < 1.29 is 27.9 Å². The van der Waals surface area contributed by atoms with Crippen LogP contribution in [0.2, 0.25) is 0 Å². The van der Waals surface area contributed by atoms with Gasteiger partial charge in [-0.2, -0.15) is 0 Å². The highest BCUT2D eigenvalue weighted by molar-refractivity contribution is 6.27. The molecule has 250 valence electrons. The third kappa shape index (κ3) is 6.79. The summed E-state index contributed by atoms with van der Waals surface area (Å²) in [7, 11) is 0. The van der Waals surface area contributed by atoms with Gasteiger partial charge in [0, 0.05) is 70.7 Å². The van der Waals surface area contributed by atoms with E-state index in [1.807, 2.05) is 0 Å². The van der Waals surface area contributed by atoms with Gasteiger partial charge in [-0.3, -0.25) is 9.59 Å². The molecule has 4 heterocycles. The third-order valence-corrected chi connectivity index (χ3v) is 8.72. The second-order valence-corrected chi connectivity index (χ2v) is 13.3. The van der Waals surface area contributed by atoms with Gasteiger partial charge in [-0.15, -0.1) is 0 Å². The van der Waals surface area contributed by atoms with Gasteiger partial charge in [-0.05, 0) is 76.9 Å². The second kappa shape index (κ2) is 13.2. The minimum Gasteiger partial charge on any atom is -0.479 e. The standard InChI is InChI=1S/C38H40N2O8/c1-37(2)35(43)27(25-19-29-23(17-31(25)47-37)11-13-33(41)45-29)21-39-15-9-7-5-6-8-10-16-40-22-28-26-20-30-24(12-14-34(42)46-30)18-32(26)48-38(3,4)36(28)44/h11-14,17-22,39-40H,5-10,15-16H2,1-4H3/b27-21-,28-22-. The van der Waals surface area contributed by atoms with Gasteiger partial charge in [0.1, 0.15) is 22.7 Å². The molecule has 0 aliphatic carbocycles. The summed E-state index contributed by atoms with van der Waals surface area (Å²) in [6.07, 6.45) is 9.68. The molecule has 0 unspecified atom stereocenters. The van der Waals surface area contributed by atoms with Gasteiger partial charge < -0.3 is 28.9 Å².